The van der Waals surface area contributed by atoms with E-state index in [1.165, 1.54) is 0 Å². The molecule has 0 atom stereocenters. The number of hydrogen-bond acceptors (Lipinski definition) is 3. The second kappa shape index (κ2) is 3.91. The van der Waals surface area contributed by atoms with Crippen molar-refractivity contribution in [3.05, 3.63) is 0 Å². The summed E-state index contributed by atoms with van der Waals surface area (Å²) in [5.74, 6) is 0.724. The van der Waals surface area contributed by atoms with Crippen LogP contribution in [0.4, 0.5) is 0 Å². The van der Waals surface area contributed by atoms with Gasteiger partial charge in [0.1, 0.15) is 0 Å². The molecule has 0 aliphatic heterocycles. The van der Waals surface area contributed by atoms with Crippen LogP contribution in [0, 0.1) is 5.92 Å². The molecule has 60 valence electrons. The summed E-state index contributed by atoms with van der Waals surface area (Å²) in [5.41, 5.74) is 5.45. The smallest absolute Gasteiger partial charge is 0.0966 e. The number of hydrogen-bond donors (Lipinski definition) is 2. The minimum Gasteiger partial charge on any atom is -0.363 e. The first-order chi connectivity index (χ1) is 4.86. The van der Waals surface area contributed by atoms with E-state index >= 15 is 0 Å². The van der Waals surface area contributed by atoms with Gasteiger partial charge < -0.3 is 10.5 Å². The average Bonchev–Trinajstić information content (AvgIpc) is 1.86. The van der Waals surface area contributed by atoms with Gasteiger partial charge in [0.2, 0.25) is 0 Å². The van der Waals surface area contributed by atoms with Crippen molar-refractivity contribution in [1.29, 1.82) is 0 Å². The molecule has 0 bridgehead atoms. The Kier molecular flexibility index (Phi) is 3.12. The molecule has 0 radical (unpaired) electrons. The Morgan fingerprint density at radius 1 is 1.60 bits per heavy atom. The highest BCUT2D eigenvalue weighted by Gasteiger charge is 2.27. The minimum atomic E-state index is 0.473. The summed E-state index contributed by atoms with van der Waals surface area (Å²) in [6.45, 7) is 1.49. The molecule has 0 amide bonds. The lowest BCUT2D eigenvalue weighted by molar-refractivity contribution is -0.0335. The van der Waals surface area contributed by atoms with E-state index in [0.29, 0.717) is 12.8 Å². The van der Waals surface area contributed by atoms with E-state index in [1.54, 1.807) is 0 Å². The lowest BCUT2D eigenvalue weighted by atomic mass is 9.82. The van der Waals surface area contributed by atoms with Gasteiger partial charge in [0.25, 0.3) is 0 Å². The van der Waals surface area contributed by atoms with Crippen molar-refractivity contribution in [1.82, 2.24) is 5.32 Å². The van der Waals surface area contributed by atoms with Crippen LogP contribution in [0.25, 0.3) is 0 Å². The number of rotatable bonds is 4. The van der Waals surface area contributed by atoms with Crippen molar-refractivity contribution in [3.63, 3.8) is 0 Å². The van der Waals surface area contributed by atoms with Crippen LogP contribution in [-0.4, -0.2) is 26.4 Å². The maximum atomic E-state index is 5.45. The van der Waals surface area contributed by atoms with Crippen LogP contribution in [0.3, 0.4) is 0 Å². The van der Waals surface area contributed by atoms with Gasteiger partial charge in [-0.2, -0.15) is 0 Å². The lowest BCUT2D eigenvalue weighted by Gasteiger charge is -2.33. The highest BCUT2D eigenvalue weighted by molar-refractivity contribution is 4.80. The molecule has 0 spiro atoms. The fourth-order valence-corrected chi connectivity index (χ4v) is 1.20. The van der Waals surface area contributed by atoms with Gasteiger partial charge in [-0.05, 0) is 32.4 Å². The molecule has 3 nitrogen and oxygen atoms in total. The van der Waals surface area contributed by atoms with Crippen LogP contribution >= 0.6 is 0 Å². The first kappa shape index (κ1) is 7.98. The molecule has 0 aromatic rings. The quantitative estimate of drug-likeness (QED) is 0.542. The largest absolute Gasteiger partial charge is 0.363 e. The predicted molar refractivity (Wildman–Crippen MR) is 40.6 cm³/mol. The molecule has 0 aromatic heterocycles. The van der Waals surface area contributed by atoms with Crippen LogP contribution in [0.1, 0.15) is 12.8 Å². The molecular weight excluding hydrogens is 128 g/mol. The molecule has 3 N–H and O–H groups in total. The predicted octanol–water partition coefficient (Wildman–Crippen LogP) is -0.0828. The molecule has 1 saturated carbocycles. The molecule has 0 saturated heterocycles. The third kappa shape index (κ3) is 1.94. The fraction of sp³-hybridized carbons (Fsp3) is 1.00. The van der Waals surface area contributed by atoms with Crippen LogP contribution in [0.15, 0.2) is 0 Å². The van der Waals surface area contributed by atoms with Gasteiger partial charge in [-0.1, -0.05) is 0 Å². The SMILES string of the molecule is CNCO[C@H]1C[C@H](CN)C1. The van der Waals surface area contributed by atoms with Crippen molar-refractivity contribution >= 4 is 0 Å². The summed E-state index contributed by atoms with van der Waals surface area (Å²) in [5, 5.41) is 2.95. The monoisotopic (exact) mass is 144 g/mol. The average molecular weight is 144 g/mol. The third-order valence-corrected chi connectivity index (χ3v) is 1.99. The Balaban J connectivity index is 1.93. The van der Waals surface area contributed by atoms with E-state index in [-0.39, 0.29) is 0 Å². The molecule has 0 heterocycles. The molecule has 0 aromatic carbocycles. The Hall–Kier alpha value is -0.120. The van der Waals surface area contributed by atoms with Gasteiger partial charge in [-0.3, -0.25) is 5.32 Å². The second-order valence-corrected chi connectivity index (χ2v) is 2.86. The van der Waals surface area contributed by atoms with E-state index in [1.807, 2.05) is 7.05 Å². The molecule has 1 fully saturated rings. The topological polar surface area (TPSA) is 47.3 Å². The van der Waals surface area contributed by atoms with Gasteiger partial charge in [-0.15, -0.1) is 0 Å². The zero-order chi connectivity index (χ0) is 7.40. The van der Waals surface area contributed by atoms with E-state index in [9.17, 15) is 0 Å². The zero-order valence-electron chi connectivity index (χ0n) is 6.47. The summed E-state index contributed by atoms with van der Waals surface area (Å²) in [4.78, 5) is 0. The highest BCUT2D eigenvalue weighted by atomic mass is 16.5. The van der Waals surface area contributed by atoms with Crippen molar-refractivity contribution < 1.29 is 4.74 Å². The number of nitrogens with two attached hydrogens (primary N) is 1. The first-order valence-electron chi connectivity index (χ1n) is 3.83. The zero-order valence-corrected chi connectivity index (χ0v) is 6.47. The van der Waals surface area contributed by atoms with Crippen LogP contribution in [0.5, 0.6) is 0 Å². The molecule has 3 heteroatoms. The maximum absolute atomic E-state index is 5.45. The molecular formula is C7H16N2O. The highest BCUT2D eigenvalue weighted by Crippen LogP contribution is 2.28. The van der Waals surface area contributed by atoms with Gasteiger partial charge in [0.15, 0.2) is 0 Å². The van der Waals surface area contributed by atoms with Gasteiger partial charge in [0.05, 0.1) is 12.8 Å². The third-order valence-electron chi connectivity index (χ3n) is 1.99. The van der Waals surface area contributed by atoms with E-state index in [4.69, 9.17) is 10.5 Å². The van der Waals surface area contributed by atoms with E-state index in [0.717, 1.165) is 25.3 Å². The van der Waals surface area contributed by atoms with Crippen LogP contribution in [0.2, 0.25) is 0 Å². The Bertz CT molecular complexity index is 88.9. The normalized spacial score (nSPS) is 31.8. The lowest BCUT2D eigenvalue weighted by Crippen LogP contribution is -2.37. The molecule has 1 rings (SSSR count). The standard InChI is InChI=1S/C7H16N2O/c1-9-5-10-7-2-6(3-7)4-8/h6-7,9H,2-5,8H2,1H3/t6-,7-. The van der Waals surface area contributed by atoms with E-state index < -0.39 is 0 Å². The van der Waals surface area contributed by atoms with Crippen LogP contribution in [-0.2, 0) is 4.74 Å². The van der Waals surface area contributed by atoms with Gasteiger partial charge >= 0.3 is 0 Å². The van der Waals surface area contributed by atoms with Gasteiger partial charge in [0, 0.05) is 0 Å². The Morgan fingerprint density at radius 2 is 2.30 bits per heavy atom. The van der Waals surface area contributed by atoms with Crippen molar-refractivity contribution in [2.24, 2.45) is 11.7 Å². The molecule has 0 unspecified atom stereocenters. The summed E-state index contributed by atoms with van der Waals surface area (Å²) >= 11 is 0. The summed E-state index contributed by atoms with van der Waals surface area (Å²) in [6, 6.07) is 0. The molecule has 1 aliphatic rings. The number of nitrogens with one attached hydrogen (secondary N) is 1. The fourth-order valence-electron chi connectivity index (χ4n) is 1.20. The number of ether oxygens (including phenoxy) is 1. The minimum absolute atomic E-state index is 0.473. The van der Waals surface area contributed by atoms with E-state index in [2.05, 4.69) is 5.32 Å². The van der Waals surface area contributed by atoms with Crippen molar-refractivity contribution in [3.8, 4) is 0 Å². The van der Waals surface area contributed by atoms with Crippen molar-refractivity contribution in [2.45, 2.75) is 18.9 Å². The second-order valence-electron chi connectivity index (χ2n) is 2.86. The first-order valence-corrected chi connectivity index (χ1v) is 3.83. The van der Waals surface area contributed by atoms with Crippen molar-refractivity contribution in [2.75, 3.05) is 20.3 Å². The van der Waals surface area contributed by atoms with Crippen LogP contribution < -0.4 is 11.1 Å². The van der Waals surface area contributed by atoms with Gasteiger partial charge in [-0.25, -0.2) is 0 Å². The summed E-state index contributed by atoms with van der Waals surface area (Å²) in [6.07, 6.45) is 2.78. The maximum Gasteiger partial charge on any atom is 0.0966 e. The summed E-state index contributed by atoms with van der Waals surface area (Å²) in [7, 11) is 1.89. The Morgan fingerprint density at radius 3 is 2.80 bits per heavy atom. The molecule has 10 heavy (non-hydrogen) atoms. The molecule has 1 aliphatic carbocycles. The Labute approximate surface area is 61.9 Å². The summed E-state index contributed by atoms with van der Waals surface area (Å²) < 4.78 is 5.39.